The first kappa shape index (κ1) is 10.7. The van der Waals surface area contributed by atoms with Gasteiger partial charge in [0.25, 0.3) is 0 Å². The van der Waals surface area contributed by atoms with Crippen molar-refractivity contribution < 1.29 is 13.2 Å². The van der Waals surface area contributed by atoms with Crippen LogP contribution in [0.5, 0.6) is 0 Å². The molecule has 5 heteroatoms. The van der Waals surface area contributed by atoms with E-state index in [0.29, 0.717) is 22.4 Å². The van der Waals surface area contributed by atoms with E-state index in [1.807, 2.05) is 0 Å². The molecule has 0 unspecified atom stereocenters. The van der Waals surface area contributed by atoms with E-state index in [-0.39, 0.29) is 5.89 Å². The van der Waals surface area contributed by atoms with Crippen LogP contribution in [0.2, 0.25) is 0 Å². The van der Waals surface area contributed by atoms with Crippen molar-refractivity contribution in [3.8, 4) is 11.5 Å². The van der Waals surface area contributed by atoms with E-state index in [4.69, 9.17) is 10.2 Å². The lowest BCUT2D eigenvalue weighted by atomic mass is 10.2. The number of oxazole rings is 1. The standard InChI is InChI=1S/C13H8F2N2O/c14-8-5-4-7(6-9(8)15)13-17-12-10(16)2-1-3-11(12)18-13/h1-6H,16H2. The van der Waals surface area contributed by atoms with Crippen molar-refractivity contribution in [2.75, 3.05) is 5.73 Å². The van der Waals surface area contributed by atoms with Gasteiger partial charge in [-0.05, 0) is 30.3 Å². The zero-order valence-corrected chi connectivity index (χ0v) is 9.15. The third kappa shape index (κ3) is 1.60. The molecule has 0 bridgehead atoms. The van der Waals surface area contributed by atoms with Gasteiger partial charge in [-0.25, -0.2) is 13.8 Å². The molecule has 3 aromatic rings. The lowest BCUT2D eigenvalue weighted by Crippen LogP contribution is -1.86. The molecule has 0 radical (unpaired) electrons. The summed E-state index contributed by atoms with van der Waals surface area (Å²) in [6, 6.07) is 8.61. The number of nitrogens with zero attached hydrogens (tertiary/aromatic N) is 1. The molecule has 1 heterocycles. The Balaban J connectivity index is 2.19. The number of benzene rings is 2. The van der Waals surface area contributed by atoms with E-state index in [1.165, 1.54) is 6.07 Å². The second-order valence-corrected chi connectivity index (χ2v) is 3.84. The van der Waals surface area contributed by atoms with Crippen LogP contribution in [0, 0.1) is 11.6 Å². The summed E-state index contributed by atoms with van der Waals surface area (Å²) in [6.45, 7) is 0. The van der Waals surface area contributed by atoms with Gasteiger partial charge >= 0.3 is 0 Å². The number of aromatic nitrogens is 1. The van der Waals surface area contributed by atoms with Crippen LogP contribution in [0.1, 0.15) is 0 Å². The molecule has 2 aromatic carbocycles. The van der Waals surface area contributed by atoms with Crippen LogP contribution in [0.15, 0.2) is 40.8 Å². The molecular formula is C13H8F2N2O. The molecule has 0 saturated carbocycles. The van der Waals surface area contributed by atoms with Crippen LogP contribution in [0.4, 0.5) is 14.5 Å². The van der Waals surface area contributed by atoms with Gasteiger partial charge in [0.05, 0.1) is 5.69 Å². The number of hydrogen-bond acceptors (Lipinski definition) is 3. The molecule has 3 rings (SSSR count). The monoisotopic (exact) mass is 246 g/mol. The lowest BCUT2D eigenvalue weighted by molar-refractivity contribution is 0.508. The van der Waals surface area contributed by atoms with E-state index < -0.39 is 11.6 Å². The van der Waals surface area contributed by atoms with Gasteiger partial charge in [0.15, 0.2) is 17.2 Å². The predicted molar refractivity (Wildman–Crippen MR) is 63.8 cm³/mol. The molecule has 0 amide bonds. The second kappa shape index (κ2) is 3.80. The zero-order valence-electron chi connectivity index (χ0n) is 9.15. The molecule has 2 N–H and O–H groups in total. The number of hydrogen-bond donors (Lipinski definition) is 1. The summed E-state index contributed by atoms with van der Waals surface area (Å²) in [7, 11) is 0. The molecule has 0 aliphatic heterocycles. The van der Waals surface area contributed by atoms with Gasteiger partial charge < -0.3 is 10.2 Å². The van der Waals surface area contributed by atoms with Crippen molar-refractivity contribution in [1.82, 2.24) is 4.98 Å². The molecule has 0 aliphatic carbocycles. The topological polar surface area (TPSA) is 52.0 Å². The zero-order chi connectivity index (χ0) is 12.7. The molecule has 1 aromatic heterocycles. The second-order valence-electron chi connectivity index (χ2n) is 3.84. The average molecular weight is 246 g/mol. The van der Waals surface area contributed by atoms with Gasteiger partial charge in [0.1, 0.15) is 5.52 Å². The molecule has 0 atom stereocenters. The SMILES string of the molecule is Nc1cccc2oc(-c3ccc(F)c(F)c3)nc12. The minimum absolute atomic E-state index is 0.210. The van der Waals surface area contributed by atoms with E-state index in [9.17, 15) is 8.78 Å². The van der Waals surface area contributed by atoms with Gasteiger partial charge in [-0.15, -0.1) is 0 Å². The van der Waals surface area contributed by atoms with Crippen molar-refractivity contribution in [2.45, 2.75) is 0 Å². The lowest BCUT2D eigenvalue weighted by Gasteiger charge is -1.96. The minimum Gasteiger partial charge on any atom is -0.436 e. The van der Waals surface area contributed by atoms with Crippen LogP contribution < -0.4 is 5.73 Å². The van der Waals surface area contributed by atoms with Crippen LogP contribution in [-0.4, -0.2) is 4.98 Å². The fourth-order valence-electron chi connectivity index (χ4n) is 1.72. The highest BCUT2D eigenvalue weighted by Crippen LogP contribution is 2.27. The van der Waals surface area contributed by atoms with Gasteiger partial charge in [-0.1, -0.05) is 6.07 Å². The number of anilines is 1. The maximum Gasteiger partial charge on any atom is 0.227 e. The molecule has 0 aliphatic rings. The number of para-hydroxylation sites is 1. The van der Waals surface area contributed by atoms with Crippen molar-refractivity contribution in [2.24, 2.45) is 0 Å². The smallest absolute Gasteiger partial charge is 0.227 e. The van der Waals surface area contributed by atoms with Crippen molar-refractivity contribution in [3.05, 3.63) is 48.0 Å². The average Bonchev–Trinajstić information content (AvgIpc) is 2.78. The summed E-state index contributed by atoms with van der Waals surface area (Å²) in [6.07, 6.45) is 0. The van der Waals surface area contributed by atoms with Crippen LogP contribution >= 0.6 is 0 Å². The van der Waals surface area contributed by atoms with E-state index in [2.05, 4.69) is 4.98 Å². The Kier molecular flexibility index (Phi) is 2.26. The summed E-state index contributed by atoms with van der Waals surface area (Å²) >= 11 is 0. The van der Waals surface area contributed by atoms with Gasteiger partial charge in [-0.2, -0.15) is 0 Å². The summed E-state index contributed by atoms with van der Waals surface area (Å²) in [5, 5.41) is 0. The van der Waals surface area contributed by atoms with Crippen LogP contribution in [0.3, 0.4) is 0 Å². The van der Waals surface area contributed by atoms with Crippen molar-refractivity contribution in [1.29, 1.82) is 0 Å². The molecular weight excluding hydrogens is 238 g/mol. The summed E-state index contributed by atoms with van der Waals surface area (Å²) < 4.78 is 31.4. The summed E-state index contributed by atoms with van der Waals surface area (Å²) in [5.41, 5.74) is 7.61. The highest BCUT2D eigenvalue weighted by molar-refractivity contribution is 5.87. The van der Waals surface area contributed by atoms with E-state index in [1.54, 1.807) is 18.2 Å². The molecule has 18 heavy (non-hydrogen) atoms. The summed E-state index contributed by atoms with van der Waals surface area (Å²) in [5.74, 6) is -1.64. The van der Waals surface area contributed by atoms with Gasteiger partial charge in [0, 0.05) is 5.56 Å². The van der Waals surface area contributed by atoms with Crippen molar-refractivity contribution >= 4 is 16.8 Å². The van der Waals surface area contributed by atoms with E-state index in [0.717, 1.165) is 12.1 Å². The number of fused-ring (bicyclic) bond motifs is 1. The summed E-state index contributed by atoms with van der Waals surface area (Å²) in [4.78, 5) is 4.17. The van der Waals surface area contributed by atoms with Crippen molar-refractivity contribution in [3.63, 3.8) is 0 Å². The first-order valence-electron chi connectivity index (χ1n) is 5.25. The molecule has 90 valence electrons. The Hall–Kier alpha value is -2.43. The van der Waals surface area contributed by atoms with Crippen LogP contribution in [0.25, 0.3) is 22.6 Å². The third-order valence-electron chi connectivity index (χ3n) is 2.62. The quantitative estimate of drug-likeness (QED) is 0.670. The third-order valence-corrected chi connectivity index (χ3v) is 2.62. The highest BCUT2D eigenvalue weighted by Gasteiger charge is 2.12. The normalized spacial score (nSPS) is 11.0. The molecule has 0 spiro atoms. The minimum atomic E-state index is -0.942. The largest absolute Gasteiger partial charge is 0.436 e. The Morgan fingerprint density at radius 1 is 1.06 bits per heavy atom. The fourth-order valence-corrected chi connectivity index (χ4v) is 1.72. The molecule has 0 fully saturated rings. The Morgan fingerprint density at radius 2 is 1.89 bits per heavy atom. The Bertz CT molecular complexity index is 737. The fraction of sp³-hybridized carbons (Fsp3) is 0. The Morgan fingerprint density at radius 3 is 2.61 bits per heavy atom. The maximum atomic E-state index is 13.1. The number of nitrogen functional groups attached to an aromatic ring is 1. The number of halogens is 2. The molecule has 0 saturated heterocycles. The van der Waals surface area contributed by atoms with Gasteiger partial charge in [0.2, 0.25) is 5.89 Å². The molecule has 3 nitrogen and oxygen atoms in total. The first-order valence-corrected chi connectivity index (χ1v) is 5.25. The van der Waals surface area contributed by atoms with E-state index >= 15 is 0 Å². The number of rotatable bonds is 1. The number of nitrogens with two attached hydrogens (primary N) is 1. The predicted octanol–water partition coefficient (Wildman–Crippen LogP) is 3.36. The maximum absolute atomic E-state index is 13.1. The highest BCUT2D eigenvalue weighted by atomic mass is 19.2. The first-order chi connectivity index (χ1) is 8.65. The Labute approximate surface area is 101 Å². The van der Waals surface area contributed by atoms with Gasteiger partial charge in [-0.3, -0.25) is 0 Å². The van der Waals surface area contributed by atoms with Crippen LogP contribution in [-0.2, 0) is 0 Å².